The van der Waals surface area contributed by atoms with E-state index in [1.165, 1.54) is 25.8 Å². The molecule has 2 unspecified atom stereocenters. The lowest BCUT2D eigenvalue weighted by Crippen LogP contribution is -2.39. The Bertz CT molecular complexity index is 593. The molecule has 0 spiro atoms. The first kappa shape index (κ1) is 13.8. The van der Waals surface area contributed by atoms with Crippen LogP contribution in [0.15, 0.2) is 18.5 Å². The molecule has 108 valence electrons. The highest BCUT2D eigenvalue weighted by Gasteiger charge is 2.23. The zero-order chi connectivity index (χ0) is 14.1. The number of likely N-dealkylation sites (N-methyl/N-ethyl adjacent to an activating group) is 1. The number of halogens is 1. The van der Waals surface area contributed by atoms with E-state index in [2.05, 4.69) is 26.5 Å². The smallest absolute Gasteiger partial charge is 0.127 e. The summed E-state index contributed by atoms with van der Waals surface area (Å²) in [6.45, 7) is 4.13. The predicted octanol–water partition coefficient (Wildman–Crippen LogP) is 3.22. The quantitative estimate of drug-likeness (QED) is 0.815. The normalized spacial score (nSPS) is 22.2. The number of likely N-dealkylation sites (tertiary alicyclic amines) is 1. The number of pyridine rings is 1. The van der Waals surface area contributed by atoms with E-state index < -0.39 is 0 Å². The molecule has 0 radical (unpaired) electrons. The molecule has 1 saturated heterocycles. The lowest BCUT2D eigenvalue weighted by Gasteiger charge is -2.33. The van der Waals surface area contributed by atoms with Gasteiger partial charge < -0.3 is 9.47 Å². The molecule has 0 bridgehead atoms. The summed E-state index contributed by atoms with van der Waals surface area (Å²) in [4.78, 5) is 11.3. The molecule has 0 aliphatic carbocycles. The minimum absolute atomic E-state index is 0.0868. The van der Waals surface area contributed by atoms with Crippen LogP contribution >= 0.6 is 11.6 Å². The monoisotopic (exact) mass is 292 g/mol. The fraction of sp³-hybridized carbons (Fsp3) is 0.600. The van der Waals surface area contributed by atoms with Crippen LogP contribution < -0.4 is 0 Å². The zero-order valence-corrected chi connectivity index (χ0v) is 12.8. The minimum atomic E-state index is -0.0868. The highest BCUT2D eigenvalue weighted by molar-refractivity contribution is 6.20. The van der Waals surface area contributed by atoms with Crippen LogP contribution in [0, 0.1) is 0 Å². The summed E-state index contributed by atoms with van der Waals surface area (Å²) >= 11 is 6.32. The molecule has 0 N–H and O–H groups in total. The molecule has 2 aromatic heterocycles. The van der Waals surface area contributed by atoms with Gasteiger partial charge in [0, 0.05) is 18.8 Å². The Hall–Kier alpha value is -1.13. The third kappa shape index (κ3) is 2.54. The Morgan fingerprint density at radius 2 is 2.30 bits per heavy atom. The molecule has 0 saturated carbocycles. The third-order valence-corrected chi connectivity index (χ3v) is 4.45. The molecular weight excluding hydrogens is 272 g/mol. The molecule has 5 heteroatoms. The number of hydrogen-bond acceptors (Lipinski definition) is 3. The van der Waals surface area contributed by atoms with Crippen molar-refractivity contribution in [3.8, 4) is 0 Å². The molecule has 2 atom stereocenters. The van der Waals surface area contributed by atoms with Crippen molar-refractivity contribution in [1.29, 1.82) is 0 Å². The van der Waals surface area contributed by atoms with Crippen LogP contribution in [0.25, 0.3) is 11.0 Å². The van der Waals surface area contributed by atoms with Gasteiger partial charge in [0.05, 0.1) is 17.1 Å². The Balaban J connectivity index is 1.98. The fourth-order valence-electron chi connectivity index (χ4n) is 3.08. The van der Waals surface area contributed by atoms with Crippen LogP contribution in [0.2, 0.25) is 0 Å². The Kier molecular flexibility index (Phi) is 3.94. The number of hydrogen-bond donors (Lipinski definition) is 0. The Morgan fingerprint density at radius 3 is 3.05 bits per heavy atom. The number of alkyl halides is 1. The Morgan fingerprint density at radius 1 is 1.45 bits per heavy atom. The summed E-state index contributed by atoms with van der Waals surface area (Å²) in [5.74, 6) is 0.952. The van der Waals surface area contributed by atoms with E-state index in [9.17, 15) is 0 Å². The van der Waals surface area contributed by atoms with E-state index >= 15 is 0 Å². The van der Waals surface area contributed by atoms with Gasteiger partial charge >= 0.3 is 0 Å². The summed E-state index contributed by atoms with van der Waals surface area (Å²) < 4.78 is 2.28. The highest BCUT2D eigenvalue weighted by Crippen LogP contribution is 2.26. The summed E-state index contributed by atoms with van der Waals surface area (Å²) in [5.41, 5.74) is 2.08. The maximum absolute atomic E-state index is 6.32. The average Bonchev–Trinajstić information content (AvgIpc) is 2.81. The van der Waals surface area contributed by atoms with Gasteiger partial charge in [0.15, 0.2) is 0 Å². The van der Waals surface area contributed by atoms with Crippen molar-refractivity contribution in [3.05, 3.63) is 24.3 Å². The van der Waals surface area contributed by atoms with E-state index in [-0.39, 0.29) is 5.38 Å². The third-order valence-electron chi connectivity index (χ3n) is 4.25. The van der Waals surface area contributed by atoms with Crippen LogP contribution in [0.1, 0.15) is 37.4 Å². The molecule has 3 rings (SSSR count). The number of fused-ring (bicyclic) bond motifs is 1. The van der Waals surface area contributed by atoms with E-state index in [0.717, 1.165) is 23.4 Å². The first-order valence-corrected chi connectivity index (χ1v) is 7.75. The number of rotatable bonds is 3. The zero-order valence-electron chi connectivity index (χ0n) is 12.1. The first-order valence-electron chi connectivity index (χ1n) is 7.31. The van der Waals surface area contributed by atoms with Gasteiger partial charge in [0.2, 0.25) is 0 Å². The first-order chi connectivity index (χ1) is 9.66. The number of aromatic nitrogens is 3. The van der Waals surface area contributed by atoms with Crippen molar-refractivity contribution in [3.63, 3.8) is 0 Å². The van der Waals surface area contributed by atoms with Crippen molar-refractivity contribution < 1.29 is 0 Å². The van der Waals surface area contributed by atoms with Crippen LogP contribution in [-0.4, -0.2) is 39.1 Å². The van der Waals surface area contributed by atoms with Crippen molar-refractivity contribution in [2.45, 2.75) is 44.1 Å². The minimum Gasteiger partial charge on any atom is -0.325 e. The second kappa shape index (κ2) is 5.70. The predicted molar refractivity (Wildman–Crippen MR) is 82.1 cm³/mol. The molecular formula is C15H21ClN4. The molecule has 3 heterocycles. The standard InChI is InChI=1S/C15H21ClN4/c1-11(16)15-18-13-9-17-7-6-14(13)20(15)10-12-5-3-4-8-19(12)2/h6-7,9,11-12H,3-5,8,10H2,1-2H3. The summed E-state index contributed by atoms with van der Waals surface area (Å²) in [6.07, 6.45) is 7.51. The van der Waals surface area contributed by atoms with Crippen molar-refractivity contribution in [2.24, 2.45) is 0 Å². The van der Waals surface area contributed by atoms with Gasteiger partial charge in [-0.05, 0) is 39.4 Å². The molecule has 1 aliphatic rings. The topological polar surface area (TPSA) is 34.0 Å². The molecule has 20 heavy (non-hydrogen) atoms. The molecule has 4 nitrogen and oxygen atoms in total. The van der Waals surface area contributed by atoms with Crippen LogP contribution in [0.3, 0.4) is 0 Å². The summed E-state index contributed by atoms with van der Waals surface area (Å²) in [7, 11) is 2.22. The maximum atomic E-state index is 6.32. The molecule has 1 aliphatic heterocycles. The molecule has 1 fully saturated rings. The van der Waals surface area contributed by atoms with Gasteiger partial charge in [-0.1, -0.05) is 6.42 Å². The molecule has 0 aromatic carbocycles. The number of nitrogens with zero attached hydrogens (tertiary/aromatic N) is 4. The fourth-order valence-corrected chi connectivity index (χ4v) is 3.25. The second-order valence-electron chi connectivity index (χ2n) is 5.69. The van der Waals surface area contributed by atoms with Crippen LogP contribution in [-0.2, 0) is 6.54 Å². The van der Waals surface area contributed by atoms with Crippen LogP contribution in [0.5, 0.6) is 0 Å². The number of piperidine rings is 1. The lowest BCUT2D eigenvalue weighted by atomic mass is 10.0. The number of imidazole rings is 1. The van der Waals surface area contributed by atoms with E-state index in [0.29, 0.717) is 6.04 Å². The second-order valence-corrected chi connectivity index (χ2v) is 6.35. The van der Waals surface area contributed by atoms with E-state index in [1.807, 2.05) is 25.4 Å². The van der Waals surface area contributed by atoms with Gasteiger partial charge in [-0.3, -0.25) is 4.98 Å². The highest BCUT2D eigenvalue weighted by atomic mass is 35.5. The SMILES string of the molecule is CC(Cl)c1nc2cnccc2n1CC1CCCCN1C. The van der Waals surface area contributed by atoms with E-state index in [1.54, 1.807) is 0 Å². The van der Waals surface area contributed by atoms with E-state index in [4.69, 9.17) is 11.6 Å². The van der Waals surface area contributed by atoms with Gasteiger partial charge in [0.25, 0.3) is 0 Å². The van der Waals surface area contributed by atoms with Gasteiger partial charge in [0.1, 0.15) is 11.3 Å². The molecule has 0 amide bonds. The van der Waals surface area contributed by atoms with Crippen molar-refractivity contribution >= 4 is 22.6 Å². The molecule has 2 aromatic rings. The largest absolute Gasteiger partial charge is 0.325 e. The summed E-state index contributed by atoms with van der Waals surface area (Å²) in [5, 5.41) is -0.0868. The van der Waals surface area contributed by atoms with Gasteiger partial charge in [-0.15, -0.1) is 11.6 Å². The maximum Gasteiger partial charge on any atom is 0.127 e. The average molecular weight is 293 g/mol. The Labute approximate surface area is 124 Å². The summed E-state index contributed by atoms with van der Waals surface area (Å²) in [6, 6.07) is 2.61. The lowest BCUT2D eigenvalue weighted by molar-refractivity contribution is 0.167. The van der Waals surface area contributed by atoms with Crippen molar-refractivity contribution in [1.82, 2.24) is 19.4 Å². The van der Waals surface area contributed by atoms with Crippen molar-refractivity contribution in [2.75, 3.05) is 13.6 Å². The van der Waals surface area contributed by atoms with Gasteiger partial charge in [-0.2, -0.15) is 0 Å². The van der Waals surface area contributed by atoms with Crippen LogP contribution in [0.4, 0.5) is 0 Å². The van der Waals surface area contributed by atoms with Gasteiger partial charge in [-0.25, -0.2) is 4.98 Å².